The van der Waals surface area contributed by atoms with Crippen molar-refractivity contribution in [3.63, 3.8) is 0 Å². The van der Waals surface area contributed by atoms with E-state index < -0.39 is 5.24 Å². The Hall–Kier alpha value is -1.60. The summed E-state index contributed by atoms with van der Waals surface area (Å²) >= 11 is 5.11. The standard InChI is InChI=1S/C13H11ClO/c14-13(15)11-7-2-1-4-8-12-9-5-3-6-10-12/h1-11H. The summed E-state index contributed by atoms with van der Waals surface area (Å²) in [5.74, 6) is 0. The number of hydrogen-bond donors (Lipinski definition) is 0. The zero-order chi connectivity index (χ0) is 10.9. The van der Waals surface area contributed by atoms with Crippen LogP contribution in [0.15, 0.2) is 60.7 Å². The summed E-state index contributed by atoms with van der Waals surface area (Å²) in [6.07, 6.45) is 10.4. The van der Waals surface area contributed by atoms with Crippen molar-refractivity contribution >= 4 is 22.9 Å². The molecule has 0 fully saturated rings. The lowest BCUT2D eigenvalue weighted by Gasteiger charge is -1.87. The van der Waals surface area contributed by atoms with Crippen LogP contribution < -0.4 is 0 Å². The van der Waals surface area contributed by atoms with Gasteiger partial charge in [0.2, 0.25) is 5.24 Å². The Balaban J connectivity index is 2.44. The number of halogens is 1. The molecule has 0 radical (unpaired) electrons. The van der Waals surface area contributed by atoms with Crippen LogP contribution in [-0.4, -0.2) is 5.24 Å². The number of rotatable bonds is 4. The van der Waals surface area contributed by atoms with Crippen LogP contribution in [0.1, 0.15) is 5.56 Å². The average molecular weight is 219 g/mol. The summed E-state index contributed by atoms with van der Waals surface area (Å²) in [6, 6.07) is 9.97. The Morgan fingerprint density at radius 1 is 1.00 bits per heavy atom. The minimum Gasteiger partial charge on any atom is -0.276 e. The molecule has 0 unspecified atom stereocenters. The van der Waals surface area contributed by atoms with E-state index in [1.807, 2.05) is 48.6 Å². The van der Waals surface area contributed by atoms with E-state index in [1.54, 1.807) is 12.2 Å². The van der Waals surface area contributed by atoms with Crippen LogP contribution in [0, 0.1) is 0 Å². The normalized spacial score (nSPS) is 11.8. The van der Waals surface area contributed by atoms with Gasteiger partial charge in [0.25, 0.3) is 0 Å². The Morgan fingerprint density at radius 2 is 1.67 bits per heavy atom. The monoisotopic (exact) mass is 218 g/mol. The summed E-state index contributed by atoms with van der Waals surface area (Å²) in [5.41, 5.74) is 1.14. The van der Waals surface area contributed by atoms with Crippen LogP contribution >= 0.6 is 11.6 Å². The van der Waals surface area contributed by atoms with E-state index in [4.69, 9.17) is 11.6 Å². The summed E-state index contributed by atoms with van der Waals surface area (Å²) in [6.45, 7) is 0. The third kappa shape index (κ3) is 5.66. The van der Waals surface area contributed by atoms with Gasteiger partial charge in [0.05, 0.1) is 0 Å². The van der Waals surface area contributed by atoms with Gasteiger partial charge in [0.15, 0.2) is 0 Å². The fourth-order valence-corrected chi connectivity index (χ4v) is 1.06. The molecule has 0 bridgehead atoms. The van der Waals surface area contributed by atoms with E-state index in [2.05, 4.69) is 0 Å². The van der Waals surface area contributed by atoms with Crippen molar-refractivity contribution in [1.82, 2.24) is 0 Å². The molecule has 0 aliphatic heterocycles. The molecule has 1 aromatic rings. The Bertz CT molecular complexity index is 388. The zero-order valence-electron chi connectivity index (χ0n) is 8.14. The summed E-state index contributed by atoms with van der Waals surface area (Å²) < 4.78 is 0. The average Bonchev–Trinajstić information content (AvgIpc) is 2.24. The molecular weight excluding hydrogens is 208 g/mol. The van der Waals surface area contributed by atoms with Crippen molar-refractivity contribution in [2.45, 2.75) is 0 Å². The van der Waals surface area contributed by atoms with Crippen molar-refractivity contribution in [3.8, 4) is 0 Å². The van der Waals surface area contributed by atoms with E-state index in [1.165, 1.54) is 6.08 Å². The molecule has 0 saturated heterocycles. The summed E-state index contributed by atoms with van der Waals surface area (Å²) in [5, 5.41) is -0.466. The van der Waals surface area contributed by atoms with Crippen LogP contribution in [-0.2, 0) is 4.79 Å². The lowest BCUT2D eigenvalue weighted by molar-refractivity contribution is -0.107. The molecule has 0 atom stereocenters. The number of allylic oxidation sites excluding steroid dienone is 5. The van der Waals surface area contributed by atoms with E-state index in [0.29, 0.717) is 0 Å². The molecular formula is C13H11ClO. The molecule has 1 rings (SSSR count). The van der Waals surface area contributed by atoms with E-state index in [-0.39, 0.29) is 0 Å². The Labute approximate surface area is 94.4 Å². The first-order valence-corrected chi connectivity index (χ1v) is 4.93. The molecule has 0 aromatic heterocycles. The molecule has 0 N–H and O–H groups in total. The predicted octanol–water partition coefficient (Wildman–Crippen LogP) is 3.58. The summed E-state index contributed by atoms with van der Waals surface area (Å²) in [7, 11) is 0. The second-order valence-electron chi connectivity index (χ2n) is 2.82. The minimum atomic E-state index is -0.466. The van der Waals surface area contributed by atoms with Gasteiger partial charge in [-0.15, -0.1) is 0 Å². The third-order valence-corrected chi connectivity index (χ3v) is 1.77. The van der Waals surface area contributed by atoms with E-state index in [9.17, 15) is 4.79 Å². The highest BCUT2D eigenvalue weighted by molar-refractivity contribution is 6.66. The number of benzene rings is 1. The molecule has 0 spiro atoms. The lowest BCUT2D eigenvalue weighted by atomic mass is 10.2. The number of hydrogen-bond acceptors (Lipinski definition) is 1. The van der Waals surface area contributed by atoms with Gasteiger partial charge in [-0.2, -0.15) is 0 Å². The Morgan fingerprint density at radius 3 is 2.33 bits per heavy atom. The highest BCUT2D eigenvalue weighted by Gasteiger charge is 1.80. The van der Waals surface area contributed by atoms with Crippen LogP contribution in [0.3, 0.4) is 0 Å². The minimum absolute atomic E-state index is 0.466. The second-order valence-corrected chi connectivity index (χ2v) is 3.19. The maximum atomic E-state index is 10.3. The maximum Gasteiger partial charge on any atom is 0.245 e. The molecule has 76 valence electrons. The topological polar surface area (TPSA) is 17.1 Å². The summed E-state index contributed by atoms with van der Waals surface area (Å²) in [4.78, 5) is 10.3. The fraction of sp³-hybridized carbons (Fsp3) is 0. The van der Waals surface area contributed by atoms with Crippen LogP contribution in [0.2, 0.25) is 0 Å². The van der Waals surface area contributed by atoms with Gasteiger partial charge in [0, 0.05) is 0 Å². The Kier molecular flexibility index (Phi) is 5.20. The van der Waals surface area contributed by atoms with E-state index >= 15 is 0 Å². The van der Waals surface area contributed by atoms with Gasteiger partial charge in [-0.1, -0.05) is 60.7 Å². The van der Waals surface area contributed by atoms with Crippen LogP contribution in [0.4, 0.5) is 0 Å². The molecule has 0 amide bonds. The molecule has 0 aliphatic carbocycles. The number of carbonyl (C=O) groups excluding carboxylic acids is 1. The smallest absolute Gasteiger partial charge is 0.245 e. The molecule has 0 heterocycles. The highest BCUT2D eigenvalue weighted by atomic mass is 35.5. The molecule has 0 saturated carbocycles. The number of carbonyl (C=O) groups is 1. The van der Waals surface area contributed by atoms with Crippen molar-refractivity contribution in [1.29, 1.82) is 0 Å². The largest absolute Gasteiger partial charge is 0.276 e. The zero-order valence-corrected chi connectivity index (χ0v) is 8.89. The van der Waals surface area contributed by atoms with Crippen molar-refractivity contribution in [2.24, 2.45) is 0 Å². The van der Waals surface area contributed by atoms with Gasteiger partial charge in [-0.3, -0.25) is 4.79 Å². The first-order valence-electron chi connectivity index (χ1n) is 4.55. The predicted molar refractivity (Wildman–Crippen MR) is 64.6 cm³/mol. The lowest BCUT2D eigenvalue weighted by Crippen LogP contribution is -1.71. The molecule has 2 heteroatoms. The first kappa shape index (κ1) is 11.5. The highest BCUT2D eigenvalue weighted by Crippen LogP contribution is 2.00. The molecule has 1 nitrogen and oxygen atoms in total. The quantitative estimate of drug-likeness (QED) is 0.429. The third-order valence-electron chi connectivity index (χ3n) is 1.65. The van der Waals surface area contributed by atoms with Gasteiger partial charge in [-0.25, -0.2) is 0 Å². The van der Waals surface area contributed by atoms with Crippen LogP contribution in [0.25, 0.3) is 6.08 Å². The van der Waals surface area contributed by atoms with Gasteiger partial charge in [-0.05, 0) is 23.2 Å². The SMILES string of the molecule is O=C(Cl)C=CC=CC=Cc1ccccc1. The van der Waals surface area contributed by atoms with Gasteiger partial charge >= 0.3 is 0 Å². The maximum absolute atomic E-state index is 10.3. The first-order chi connectivity index (χ1) is 7.29. The van der Waals surface area contributed by atoms with Crippen molar-refractivity contribution in [3.05, 3.63) is 66.3 Å². The van der Waals surface area contributed by atoms with Gasteiger partial charge in [0.1, 0.15) is 0 Å². The van der Waals surface area contributed by atoms with Crippen molar-refractivity contribution < 1.29 is 4.79 Å². The molecule has 15 heavy (non-hydrogen) atoms. The fourth-order valence-electron chi connectivity index (χ4n) is 0.990. The van der Waals surface area contributed by atoms with Crippen molar-refractivity contribution in [2.75, 3.05) is 0 Å². The molecule has 0 aliphatic rings. The van der Waals surface area contributed by atoms with Crippen LogP contribution in [0.5, 0.6) is 0 Å². The molecule has 1 aromatic carbocycles. The second kappa shape index (κ2) is 6.80. The van der Waals surface area contributed by atoms with E-state index in [0.717, 1.165) is 5.56 Å². The van der Waals surface area contributed by atoms with Gasteiger partial charge < -0.3 is 0 Å².